The van der Waals surface area contributed by atoms with Gasteiger partial charge in [-0.1, -0.05) is 12.1 Å². The van der Waals surface area contributed by atoms with Gasteiger partial charge in [0.25, 0.3) is 0 Å². The Bertz CT molecular complexity index is 816. The normalized spacial score (nSPS) is 13.5. The molecule has 26 heavy (non-hydrogen) atoms. The zero-order valence-corrected chi connectivity index (χ0v) is 13.5. The van der Waals surface area contributed by atoms with Crippen molar-refractivity contribution < 1.29 is 23.1 Å². The third kappa shape index (κ3) is 4.38. The van der Waals surface area contributed by atoms with Crippen LogP contribution in [0.1, 0.15) is 0 Å². The topological polar surface area (TPSA) is 82.7 Å². The lowest BCUT2D eigenvalue weighted by Gasteiger charge is -2.15. The fourth-order valence-electron chi connectivity index (χ4n) is 2.51. The molecule has 0 spiro atoms. The summed E-state index contributed by atoms with van der Waals surface area (Å²) in [6.45, 7) is -1.83. The first-order valence-corrected chi connectivity index (χ1v) is 7.79. The second kappa shape index (κ2) is 7.68. The van der Waals surface area contributed by atoms with Crippen LogP contribution >= 0.6 is 0 Å². The Labute approximate surface area is 147 Å². The van der Waals surface area contributed by atoms with Gasteiger partial charge in [-0.15, -0.1) is 0 Å². The van der Waals surface area contributed by atoms with Crippen LogP contribution in [0, 0.1) is 0 Å². The zero-order valence-electron chi connectivity index (χ0n) is 13.5. The smallest absolute Gasteiger partial charge is 0.387 e. The standard InChI is InChI=1S/C17H16F2N4O3/c18-15(19)26-14-6-2-4-12(10-14)22-16(24)21-11-3-1-5-13(9-11)23-8-7-20-17(23)25/h1-6,9-10,15H,7-8H2,(H,20,25)(H2,21,22,24). The van der Waals surface area contributed by atoms with Crippen molar-refractivity contribution in [1.82, 2.24) is 5.32 Å². The second-order valence-electron chi connectivity index (χ2n) is 5.42. The van der Waals surface area contributed by atoms with Crippen LogP contribution in [-0.2, 0) is 0 Å². The maximum absolute atomic E-state index is 12.2. The molecule has 1 heterocycles. The minimum atomic E-state index is -2.94. The van der Waals surface area contributed by atoms with Crippen molar-refractivity contribution in [1.29, 1.82) is 0 Å². The third-order valence-electron chi connectivity index (χ3n) is 3.59. The minimum absolute atomic E-state index is 0.0557. The van der Waals surface area contributed by atoms with Crippen LogP contribution in [0.5, 0.6) is 5.75 Å². The number of benzene rings is 2. The largest absolute Gasteiger partial charge is 0.435 e. The summed E-state index contributed by atoms with van der Waals surface area (Å²) in [5.74, 6) is -0.0557. The molecule has 0 unspecified atom stereocenters. The van der Waals surface area contributed by atoms with Gasteiger partial charge in [0.2, 0.25) is 0 Å². The molecule has 1 aliphatic rings. The molecule has 2 aromatic carbocycles. The van der Waals surface area contributed by atoms with E-state index in [9.17, 15) is 18.4 Å². The summed E-state index contributed by atoms with van der Waals surface area (Å²) in [5.41, 5.74) is 1.44. The molecule has 0 bridgehead atoms. The quantitative estimate of drug-likeness (QED) is 0.762. The third-order valence-corrected chi connectivity index (χ3v) is 3.59. The number of nitrogens with zero attached hydrogens (tertiary/aromatic N) is 1. The highest BCUT2D eigenvalue weighted by Crippen LogP contribution is 2.22. The Balaban J connectivity index is 1.64. The molecule has 136 valence electrons. The van der Waals surface area contributed by atoms with E-state index < -0.39 is 12.6 Å². The molecule has 1 aliphatic heterocycles. The molecule has 0 aliphatic carbocycles. The summed E-state index contributed by atoms with van der Waals surface area (Å²) < 4.78 is 28.8. The average molecular weight is 362 g/mol. The Hall–Kier alpha value is -3.36. The van der Waals surface area contributed by atoms with E-state index in [2.05, 4.69) is 20.7 Å². The van der Waals surface area contributed by atoms with E-state index in [1.165, 1.54) is 18.2 Å². The van der Waals surface area contributed by atoms with Crippen LogP contribution in [0.3, 0.4) is 0 Å². The van der Waals surface area contributed by atoms with Gasteiger partial charge in [-0.2, -0.15) is 8.78 Å². The molecular weight excluding hydrogens is 346 g/mol. The van der Waals surface area contributed by atoms with Gasteiger partial charge in [0.15, 0.2) is 0 Å². The van der Waals surface area contributed by atoms with Crippen molar-refractivity contribution in [3.05, 3.63) is 48.5 Å². The van der Waals surface area contributed by atoms with E-state index >= 15 is 0 Å². The molecule has 0 atom stereocenters. The number of carbonyl (C=O) groups is 2. The first-order valence-electron chi connectivity index (χ1n) is 7.79. The number of ether oxygens (including phenoxy) is 1. The van der Waals surface area contributed by atoms with Gasteiger partial charge in [-0.3, -0.25) is 4.90 Å². The van der Waals surface area contributed by atoms with E-state index in [0.717, 1.165) is 0 Å². The number of halogens is 2. The minimum Gasteiger partial charge on any atom is -0.435 e. The molecule has 9 heteroatoms. The highest BCUT2D eigenvalue weighted by atomic mass is 19.3. The number of nitrogens with one attached hydrogen (secondary N) is 3. The van der Waals surface area contributed by atoms with Crippen LogP contribution < -0.4 is 25.6 Å². The predicted octanol–water partition coefficient (Wildman–Crippen LogP) is 3.46. The van der Waals surface area contributed by atoms with E-state index in [0.29, 0.717) is 30.2 Å². The van der Waals surface area contributed by atoms with Gasteiger partial charge >= 0.3 is 18.7 Å². The Morgan fingerprint density at radius 3 is 2.46 bits per heavy atom. The van der Waals surface area contributed by atoms with E-state index in [-0.39, 0.29) is 11.8 Å². The predicted molar refractivity (Wildman–Crippen MR) is 92.9 cm³/mol. The maximum atomic E-state index is 12.2. The Kier molecular flexibility index (Phi) is 5.16. The lowest BCUT2D eigenvalue weighted by atomic mass is 10.2. The molecule has 0 saturated carbocycles. The number of amides is 4. The van der Waals surface area contributed by atoms with Crippen LogP contribution in [0.4, 0.5) is 35.4 Å². The first kappa shape index (κ1) is 17.5. The van der Waals surface area contributed by atoms with Crippen molar-refractivity contribution in [2.45, 2.75) is 6.61 Å². The molecular formula is C17H16F2N4O3. The van der Waals surface area contributed by atoms with Crippen molar-refractivity contribution in [2.75, 3.05) is 28.6 Å². The number of anilines is 3. The molecule has 0 radical (unpaired) electrons. The van der Waals surface area contributed by atoms with Gasteiger partial charge < -0.3 is 20.7 Å². The van der Waals surface area contributed by atoms with Crippen molar-refractivity contribution >= 4 is 29.1 Å². The average Bonchev–Trinajstić information content (AvgIpc) is 3.00. The molecule has 2 aromatic rings. The maximum Gasteiger partial charge on any atom is 0.387 e. The highest BCUT2D eigenvalue weighted by molar-refractivity contribution is 6.01. The van der Waals surface area contributed by atoms with Crippen LogP contribution in [-0.4, -0.2) is 31.8 Å². The summed E-state index contributed by atoms with van der Waals surface area (Å²) in [7, 11) is 0. The molecule has 3 rings (SSSR count). The number of alkyl halides is 2. The molecule has 1 fully saturated rings. The SMILES string of the molecule is O=C(Nc1cccc(OC(F)F)c1)Nc1cccc(N2CCNC2=O)c1. The van der Waals surface area contributed by atoms with Crippen molar-refractivity contribution in [3.8, 4) is 5.75 Å². The Morgan fingerprint density at radius 2 is 1.81 bits per heavy atom. The van der Waals surface area contributed by atoms with Gasteiger partial charge in [0.05, 0.1) is 0 Å². The summed E-state index contributed by atoms with van der Waals surface area (Å²) in [4.78, 5) is 25.4. The molecule has 4 amide bonds. The first-order chi connectivity index (χ1) is 12.5. The number of carbonyl (C=O) groups excluding carboxylic acids is 2. The lowest BCUT2D eigenvalue weighted by Crippen LogP contribution is -2.27. The molecule has 1 saturated heterocycles. The number of hydrogen-bond acceptors (Lipinski definition) is 3. The van der Waals surface area contributed by atoms with Crippen LogP contribution in [0.25, 0.3) is 0 Å². The summed E-state index contributed by atoms with van der Waals surface area (Å²) in [5, 5.41) is 7.87. The molecule has 3 N–H and O–H groups in total. The van der Waals surface area contributed by atoms with Gasteiger partial charge in [0.1, 0.15) is 5.75 Å². The lowest BCUT2D eigenvalue weighted by molar-refractivity contribution is -0.0498. The summed E-state index contributed by atoms with van der Waals surface area (Å²) in [6, 6.07) is 11.8. The highest BCUT2D eigenvalue weighted by Gasteiger charge is 2.21. The van der Waals surface area contributed by atoms with E-state index in [4.69, 9.17) is 0 Å². The number of urea groups is 2. The van der Waals surface area contributed by atoms with E-state index in [1.807, 2.05) is 0 Å². The summed E-state index contributed by atoms with van der Waals surface area (Å²) in [6.07, 6.45) is 0. The van der Waals surface area contributed by atoms with Crippen LogP contribution in [0.2, 0.25) is 0 Å². The number of hydrogen-bond donors (Lipinski definition) is 3. The van der Waals surface area contributed by atoms with Gasteiger partial charge in [-0.25, -0.2) is 9.59 Å². The monoisotopic (exact) mass is 362 g/mol. The van der Waals surface area contributed by atoms with Crippen LogP contribution in [0.15, 0.2) is 48.5 Å². The van der Waals surface area contributed by atoms with Gasteiger partial charge in [0, 0.05) is 36.2 Å². The van der Waals surface area contributed by atoms with Crippen molar-refractivity contribution in [3.63, 3.8) is 0 Å². The fraction of sp³-hybridized carbons (Fsp3) is 0.176. The fourth-order valence-corrected chi connectivity index (χ4v) is 2.51. The summed E-state index contributed by atoms with van der Waals surface area (Å²) >= 11 is 0. The van der Waals surface area contributed by atoms with Crippen molar-refractivity contribution in [2.24, 2.45) is 0 Å². The molecule has 0 aromatic heterocycles. The van der Waals surface area contributed by atoms with E-state index in [1.54, 1.807) is 35.2 Å². The zero-order chi connectivity index (χ0) is 18.5. The Morgan fingerprint density at radius 1 is 1.12 bits per heavy atom. The molecule has 7 nitrogen and oxygen atoms in total. The number of rotatable bonds is 5. The van der Waals surface area contributed by atoms with Gasteiger partial charge in [-0.05, 0) is 30.3 Å². The second-order valence-corrected chi connectivity index (χ2v) is 5.42.